The summed E-state index contributed by atoms with van der Waals surface area (Å²) in [5.74, 6) is 2.02. The number of benzene rings is 1. The Balaban J connectivity index is 0.00000192. The van der Waals surface area contributed by atoms with E-state index in [1.807, 2.05) is 18.2 Å². The Morgan fingerprint density at radius 3 is 2.70 bits per heavy atom. The van der Waals surface area contributed by atoms with Gasteiger partial charge in [0.05, 0.1) is 13.2 Å². The van der Waals surface area contributed by atoms with E-state index in [2.05, 4.69) is 17.2 Å². The van der Waals surface area contributed by atoms with Gasteiger partial charge in [-0.3, -0.25) is 4.99 Å². The molecule has 1 aromatic rings. The number of nitrogens with zero attached hydrogens (tertiary/aromatic N) is 1. The first-order chi connectivity index (χ1) is 10.7. The van der Waals surface area contributed by atoms with Crippen LogP contribution in [0.3, 0.4) is 0 Å². The minimum absolute atomic E-state index is 0. The third-order valence-electron chi connectivity index (χ3n) is 4.34. The first-order valence-corrected chi connectivity index (χ1v) is 8.17. The van der Waals surface area contributed by atoms with Crippen LogP contribution in [-0.4, -0.2) is 25.7 Å². The van der Waals surface area contributed by atoms with Crippen molar-refractivity contribution in [2.45, 2.75) is 39.0 Å². The minimum Gasteiger partial charge on any atom is -0.490 e. The molecule has 1 saturated carbocycles. The van der Waals surface area contributed by atoms with Crippen molar-refractivity contribution in [2.24, 2.45) is 16.1 Å². The quantitative estimate of drug-likeness (QED) is 0.423. The Kier molecular flexibility index (Phi) is 6.38. The van der Waals surface area contributed by atoms with Gasteiger partial charge in [-0.05, 0) is 36.8 Å². The van der Waals surface area contributed by atoms with Crippen molar-refractivity contribution in [1.82, 2.24) is 0 Å². The highest BCUT2D eigenvalue weighted by Crippen LogP contribution is 2.49. The van der Waals surface area contributed by atoms with E-state index >= 15 is 0 Å². The third kappa shape index (κ3) is 4.89. The lowest BCUT2D eigenvalue weighted by molar-refractivity contribution is 0.297. The van der Waals surface area contributed by atoms with E-state index in [-0.39, 0.29) is 24.0 Å². The summed E-state index contributed by atoms with van der Waals surface area (Å²) in [7, 11) is 0. The lowest BCUT2D eigenvalue weighted by Gasteiger charge is -2.13. The molecule has 1 heterocycles. The predicted octanol–water partition coefficient (Wildman–Crippen LogP) is 3.77. The fourth-order valence-corrected chi connectivity index (χ4v) is 2.88. The van der Waals surface area contributed by atoms with Gasteiger partial charge in [-0.25, -0.2) is 0 Å². The predicted molar refractivity (Wildman–Crippen MR) is 104 cm³/mol. The maximum Gasteiger partial charge on any atom is 0.193 e. The van der Waals surface area contributed by atoms with Gasteiger partial charge in [0.25, 0.3) is 0 Å². The van der Waals surface area contributed by atoms with E-state index < -0.39 is 0 Å². The first-order valence-electron chi connectivity index (χ1n) is 8.17. The maximum absolute atomic E-state index is 6.01. The molecule has 1 fully saturated rings. The number of fused-ring (bicyclic) bond motifs is 1. The van der Waals surface area contributed by atoms with Gasteiger partial charge in [0.15, 0.2) is 17.5 Å². The molecule has 6 heteroatoms. The molecular formula is C17H26IN3O2. The van der Waals surface area contributed by atoms with Crippen molar-refractivity contribution >= 4 is 35.6 Å². The number of rotatable bonds is 5. The summed E-state index contributed by atoms with van der Waals surface area (Å²) in [5, 5.41) is 3.15. The Morgan fingerprint density at radius 1 is 1.26 bits per heavy atom. The largest absolute Gasteiger partial charge is 0.490 e. The molecule has 0 amide bonds. The van der Waals surface area contributed by atoms with Gasteiger partial charge in [-0.1, -0.05) is 13.3 Å². The van der Waals surface area contributed by atoms with E-state index in [4.69, 9.17) is 15.2 Å². The van der Waals surface area contributed by atoms with Gasteiger partial charge in [0.2, 0.25) is 0 Å². The molecule has 3 N–H and O–H groups in total. The third-order valence-corrected chi connectivity index (χ3v) is 4.34. The molecule has 3 rings (SSSR count). The molecule has 2 aliphatic rings. The monoisotopic (exact) mass is 431 g/mol. The molecule has 0 radical (unpaired) electrons. The normalized spacial score (nSPS) is 18.6. The van der Waals surface area contributed by atoms with Crippen molar-refractivity contribution in [3.05, 3.63) is 18.2 Å². The van der Waals surface area contributed by atoms with Crippen LogP contribution in [0.2, 0.25) is 0 Å². The maximum atomic E-state index is 6.01. The smallest absolute Gasteiger partial charge is 0.193 e. The zero-order valence-corrected chi connectivity index (χ0v) is 16.0. The lowest BCUT2D eigenvalue weighted by atomic mass is 10.0. The number of guanidine groups is 1. The topological polar surface area (TPSA) is 68.9 Å². The molecule has 0 unspecified atom stereocenters. The molecule has 128 valence electrons. The molecule has 0 atom stereocenters. The van der Waals surface area contributed by atoms with Gasteiger partial charge in [-0.2, -0.15) is 0 Å². The molecule has 0 bridgehead atoms. The molecule has 1 aromatic carbocycles. The second kappa shape index (κ2) is 8.08. The molecule has 0 saturated heterocycles. The Hall–Kier alpha value is -1.18. The van der Waals surface area contributed by atoms with Gasteiger partial charge >= 0.3 is 0 Å². The van der Waals surface area contributed by atoms with Crippen LogP contribution >= 0.6 is 24.0 Å². The van der Waals surface area contributed by atoms with Crippen LogP contribution in [-0.2, 0) is 0 Å². The van der Waals surface area contributed by atoms with Crippen LogP contribution in [0.1, 0.15) is 39.0 Å². The summed E-state index contributed by atoms with van der Waals surface area (Å²) in [6.45, 7) is 4.43. The van der Waals surface area contributed by atoms with Crippen LogP contribution in [0.15, 0.2) is 23.2 Å². The highest BCUT2D eigenvalue weighted by molar-refractivity contribution is 14.0. The molecular weight excluding hydrogens is 405 g/mol. The number of hydrogen-bond acceptors (Lipinski definition) is 3. The first kappa shape index (κ1) is 18.2. The number of ether oxygens (including phenoxy) is 2. The van der Waals surface area contributed by atoms with Gasteiger partial charge in [0.1, 0.15) is 0 Å². The molecule has 1 aliphatic carbocycles. The molecule has 0 aromatic heterocycles. The second-order valence-electron chi connectivity index (χ2n) is 6.29. The van der Waals surface area contributed by atoms with Crippen LogP contribution in [0.25, 0.3) is 0 Å². The van der Waals surface area contributed by atoms with E-state index in [0.29, 0.717) is 24.6 Å². The lowest BCUT2D eigenvalue weighted by Crippen LogP contribution is -2.24. The molecule has 1 aliphatic heterocycles. The van der Waals surface area contributed by atoms with Gasteiger partial charge < -0.3 is 20.5 Å². The SMILES string of the molecule is CCCC1(CN=C(N)Nc2ccc3c(c2)OCCCO3)CC1.I. The van der Waals surface area contributed by atoms with Crippen LogP contribution in [0, 0.1) is 5.41 Å². The number of halogens is 1. The summed E-state index contributed by atoms with van der Waals surface area (Å²) in [6, 6.07) is 5.77. The van der Waals surface area contributed by atoms with E-state index in [1.165, 1.54) is 25.7 Å². The average molecular weight is 431 g/mol. The summed E-state index contributed by atoms with van der Waals surface area (Å²) < 4.78 is 11.3. The summed E-state index contributed by atoms with van der Waals surface area (Å²) in [5.41, 5.74) is 7.31. The van der Waals surface area contributed by atoms with Crippen molar-refractivity contribution in [1.29, 1.82) is 0 Å². The number of nitrogens with two attached hydrogens (primary N) is 1. The van der Waals surface area contributed by atoms with E-state index in [0.717, 1.165) is 30.2 Å². The van der Waals surface area contributed by atoms with Gasteiger partial charge in [0, 0.05) is 24.7 Å². The highest BCUT2D eigenvalue weighted by Gasteiger charge is 2.41. The zero-order chi connectivity index (χ0) is 15.4. The Labute approximate surface area is 155 Å². The Bertz CT molecular complexity index is 559. The molecule has 23 heavy (non-hydrogen) atoms. The minimum atomic E-state index is 0. The summed E-state index contributed by atoms with van der Waals surface area (Å²) >= 11 is 0. The van der Waals surface area contributed by atoms with Crippen LogP contribution in [0.5, 0.6) is 11.5 Å². The Morgan fingerprint density at radius 2 is 2.00 bits per heavy atom. The van der Waals surface area contributed by atoms with E-state index in [9.17, 15) is 0 Å². The number of nitrogens with one attached hydrogen (secondary N) is 1. The number of hydrogen-bond donors (Lipinski definition) is 2. The zero-order valence-electron chi connectivity index (χ0n) is 13.6. The fraction of sp³-hybridized carbons (Fsp3) is 0.588. The van der Waals surface area contributed by atoms with Crippen molar-refractivity contribution in [3.63, 3.8) is 0 Å². The van der Waals surface area contributed by atoms with Crippen molar-refractivity contribution in [2.75, 3.05) is 25.1 Å². The summed E-state index contributed by atoms with van der Waals surface area (Å²) in [6.07, 6.45) is 5.92. The highest BCUT2D eigenvalue weighted by atomic mass is 127. The van der Waals surface area contributed by atoms with Crippen molar-refractivity contribution in [3.8, 4) is 11.5 Å². The summed E-state index contributed by atoms with van der Waals surface area (Å²) in [4.78, 5) is 4.51. The number of aliphatic imine (C=N–C) groups is 1. The second-order valence-corrected chi connectivity index (χ2v) is 6.29. The molecule has 0 spiro atoms. The van der Waals surface area contributed by atoms with E-state index in [1.54, 1.807) is 0 Å². The standard InChI is InChI=1S/C17H25N3O2.HI/c1-2-6-17(7-8-17)12-19-16(18)20-13-4-5-14-15(11-13)22-10-3-9-21-14;/h4-5,11H,2-3,6-10,12H2,1H3,(H3,18,19,20);1H. The van der Waals surface area contributed by atoms with Crippen LogP contribution in [0.4, 0.5) is 5.69 Å². The molecule has 5 nitrogen and oxygen atoms in total. The van der Waals surface area contributed by atoms with Crippen LogP contribution < -0.4 is 20.5 Å². The number of anilines is 1. The average Bonchev–Trinajstić information content (AvgIpc) is 3.29. The van der Waals surface area contributed by atoms with Gasteiger partial charge in [-0.15, -0.1) is 24.0 Å². The fourth-order valence-electron chi connectivity index (χ4n) is 2.88. The van der Waals surface area contributed by atoms with Crippen molar-refractivity contribution < 1.29 is 9.47 Å².